The Labute approximate surface area is 375 Å². The highest BCUT2D eigenvalue weighted by atomic mass is 16.3. The largest absolute Gasteiger partial charge is 0.455 e. The van der Waals surface area contributed by atoms with E-state index in [1.54, 1.807) is 0 Å². The summed E-state index contributed by atoms with van der Waals surface area (Å²) < 4.78 is 6.61. The minimum absolute atomic E-state index is 0.0392. The molecule has 0 spiro atoms. The van der Waals surface area contributed by atoms with Gasteiger partial charge < -0.3 is 9.32 Å². The fourth-order valence-electron chi connectivity index (χ4n) is 11.3. The number of furan rings is 1. The third kappa shape index (κ3) is 5.65. The van der Waals surface area contributed by atoms with Crippen molar-refractivity contribution >= 4 is 49.7 Å². The van der Waals surface area contributed by atoms with Gasteiger partial charge in [0.2, 0.25) is 0 Å². The van der Waals surface area contributed by atoms with Gasteiger partial charge in [-0.3, -0.25) is 0 Å². The molecule has 12 rings (SSSR count). The lowest BCUT2D eigenvalue weighted by molar-refractivity contribution is 0.585. The van der Waals surface area contributed by atoms with E-state index in [-0.39, 0.29) is 11.5 Å². The van der Waals surface area contributed by atoms with Crippen molar-refractivity contribution in [3.8, 4) is 22.3 Å². The molecule has 3 aliphatic carbocycles. The number of nitrogens with zero attached hydrogens (tertiary/aromatic N) is 1. The number of para-hydroxylation sites is 1. The average Bonchev–Trinajstić information content (AvgIpc) is 3.94. The predicted octanol–water partition coefficient (Wildman–Crippen LogP) is 16.2. The Morgan fingerprint density at radius 2 is 1.33 bits per heavy atom. The van der Waals surface area contributed by atoms with E-state index in [2.05, 4.69) is 232 Å². The van der Waals surface area contributed by atoms with E-state index < -0.39 is 5.41 Å². The first-order chi connectivity index (χ1) is 31.5. The van der Waals surface area contributed by atoms with E-state index in [9.17, 15) is 0 Å². The third-order valence-corrected chi connectivity index (χ3v) is 14.3. The van der Waals surface area contributed by atoms with E-state index in [0.717, 1.165) is 50.7 Å². The molecule has 2 heteroatoms. The smallest absolute Gasteiger partial charge is 0.143 e. The van der Waals surface area contributed by atoms with Gasteiger partial charge in [-0.25, -0.2) is 0 Å². The van der Waals surface area contributed by atoms with Crippen molar-refractivity contribution in [2.75, 3.05) is 4.90 Å². The van der Waals surface area contributed by atoms with Gasteiger partial charge in [0.1, 0.15) is 11.2 Å². The molecule has 2 atom stereocenters. The van der Waals surface area contributed by atoms with Gasteiger partial charge in [0, 0.05) is 38.5 Å². The van der Waals surface area contributed by atoms with Crippen molar-refractivity contribution < 1.29 is 4.42 Å². The molecule has 0 saturated carbocycles. The summed E-state index contributed by atoms with van der Waals surface area (Å²) in [6, 6.07) is 64.8. The van der Waals surface area contributed by atoms with Crippen LogP contribution in [0.15, 0.2) is 235 Å². The molecule has 1 heterocycles. The van der Waals surface area contributed by atoms with Gasteiger partial charge in [-0.2, -0.15) is 0 Å². The zero-order valence-corrected chi connectivity index (χ0v) is 36.1. The third-order valence-electron chi connectivity index (χ3n) is 14.3. The van der Waals surface area contributed by atoms with E-state index in [0.29, 0.717) is 0 Å². The van der Waals surface area contributed by atoms with Crippen molar-refractivity contribution in [1.82, 2.24) is 0 Å². The molecular weight excluding hydrogens is 775 g/mol. The molecule has 0 saturated heterocycles. The molecule has 0 radical (unpaired) electrons. The number of allylic oxidation sites excluding steroid dienone is 7. The van der Waals surface area contributed by atoms with Crippen LogP contribution in [0, 0.1) is 0 Å². The Morgan fingerprint density at radius 1 is 0.594 bits per heavy atom. The highest BCUT2D eigenvalue weighted by Gasteiger charge is 2.44. The van der Waals surface area contributed by atoms with Gasteiger partial charge in [0.05, 0.1) is 11.5 Å². The Kier molecular flexibility index (Phi) is 8.74. The van der Waals surface area contributed by atoms with E-state index >= 15 is 0 Å². The molecule has 2 nitrogen and oxygen atoms in total. The van der Waals surface area contributed by atoms with Gasteiger partial charge in [0.15, 0.2) is 0 Å². The second-order valence-corrected chi connectivity index (χ2v) is 18.0. The minimum atomic E-state index is -0.523. The average molecular weight is 822 g/mol. The molecule has 0 aliphatic heterocycles. The topological polar surface area (TPSA) is 16.4 Å². The van der Waals surface area contributed by atoms with Crippen LogP contribution in [0.4, 0.5) is 11.4 Å². The maximum Gasteiger partial charge on any atom is 0.143 e. The van der Waals surface area contributed by atoms with Crippen molar-refractivity contribution in [1.29, 1.82) is 0 Å². The molecule has 0 N–H and O–H groups in total. The molecule has 0 fully saturated rings. The number of benzene rings is 8. The first kappa shape index (κ1) is 38.0. The van der Waals surface area contributed by atoms with Gasteiger partial charge in [-0.1, -0.05) is 202 Å². The summed E-state index contributed by atoms with van der Waals surface area (Å²) in [5.74, 6) is 0. The quantitative estimate of drug-likeness (QED) is 0.142. The Hall–Kier alpha value is -7.68. The summed E-state index contributed by atoms with van der Waals surface area (Å²) in [5, 5.41) is 4.57. The van der Waals surface area contributed by atoms with Crippen LogP contribution in [-0.4, -0.2) is 6.04 Å². The molecule has 0 amide bonds. The van der Waals surface area contributed by atoms with Crippen LogP contribution < -0.4 is 4.90 Å². The fourth-order valence-corrected chi connectivity index (χ4v) is 11.3. The Bertz CT molecular complexity index is 3480. The molecule has 9 aromatic rings. The SMILES string of the molecule is C=C/C=C\C=C\C1(c2ccccc2)c2ccccc2-c2ccc(N(c3ccccc3-c3ccc4oc5c6ccccc6ccc5c4c3)C3C=CC4=C(C3)C(C)(C)c3ccccc34)cc21. The predicted molar refractivity (Wildman–Crippen MR) is 269 cm³/mol. The van der Waals surface area contributed by atoms with Crippen molar-refractivity contribution in [3.05, 3.63) is 258 Å². The zero-order chi connectivity index (χ0) is 43.0. The van der Waals surface area contributed by atoms with Gasteiger partial charge in [-0.05, 0) is 104 Å². The highest BCUT2D eigenvalue weighted by Crippen LogP contribution is 2.56. The monoisotopic (exact) mass is 821 g/mol. The molecule has 1 aromatic heterocycles. The van der Waals surface area contributed by atoms with E-state index in [1.807, 2.05) is 12.2 Å². The summed E-state index contributed by atoms with van der Waals surface area (Å²) in [5.41, 5.74) is 17.8. The van der Waals surface area contributed by atoms with Gasteiger partial charge in [0.25, 0.3) is 0 Å². The molecule has 8 aromatic carbocycles. The van der Waals surface area contributed by atoms with Crippen molar-refractivity contribution in [2.24, 2.45) is 0 Å². The van der Waals surface area contributed by atoms with Gasteiger partial charge >= 0.3 is 0 Å². The normalized spacial score (nSPS) is 18.2. The van der Waals surface area contributed by atoms with Crippen LogP contribution in [0.25, 0.3) is 60.5 Å². The fraction of sp³-hybridized carbons (Fsp3) is 0.0968. The van der Waals surface area contributed by atoms with E-state index in [1.165, 1.54) is 61.0 Å². The summed E-state index contributed by atoms with van der Waals surface area (Å²) in [7, 11) is 0. The Balaban J connectivity index is 1.07. The lowest BCUT2D eigenvalue weighted by Gasteiger charge is -2.38. The van der Waals surface area contributed by atoms with Crippen LogP contribution in [-0.2, 0) is 10.8 Å². The first-order valence-electron chi connectivity index (χ1n) is 22.5. The van der Waals surface area contributed by atoms with Crippen molar-refractivity contribution in [3.63, 3.8) is 0 Å². The second-order valence-electron chi connectivity index (χ2n) is 18.0. The summed E-state index contributed by atoms with van der Waals surface area (Å²) in [6.45, 7) is 8.76. The molecule has 306 valence electrons. The Morgan fingerprint density at radius 3 is 2.19 bits per heavy atom. The first-order valence-corrected chi connectivity index (χ1v) is 22.5. The lowest BCUT2D eigenvalue weighted by Crippen LogP contribution is -2.34. The molecule has 3 aliphatic rings. The lowest BCUT2D eigenvalue weighted by atomic mass is 9.72. The summed E-state index contributed by atoms with van der Waals surface area (Å²) >= 11 is 0. The molecule has 0 bridgehead atoms. The minimum Gasteiger partial charge on any atom is -0.455 e. The maximum atomic E-state index is 6.61. The van der Waals surface area contributed by atoms with Crippen LogP contribution in [0.3, 0.4) is 0 Å². The number of rotatable bonds is 8. The molecular formula is C62H47NO. The van der Waals surface area contributed by atoms with Crippen LogP contribution in [0.5, 0.6) is 0 Å². The molecule has 64 heavy (non-hydrogen) atoms. The van der Waals surface area contributed by atoms with Gasteiger partial charge in [-0.15, -0.1) is 0 Å². The standard InChI is InChI=1S/C62H47NO/c1-4-5-6-18-37-62(43-20-8-7-9-21-43)55-27-16-13-25-49(55)51-35-32-45(40-57(51)62)63(44-31-34-50-48-24-12-15-26-54(48)61(2,3)56(50)39-44)58-28-17-14-22-46(58)42-30-36-59-53(38-42)52-33-29-41-19-10-11-23-47(41)60(52)64-59/h4-38,40,44H,1,39H2,2-3H3/b6-5-,37-18+. The number of hydrogen-bond acceptors (Lipinski definition) is 2. The van der Waals surface area contributed by atoms with Crippen LogP contribution >= 0.6 is 0 Å². The highest BCUT2D eigenvalue weighted by molar-refractivity contribution is 6.15. The van der Waals surface area contributed by atoms with Crippen LogP contribution in [0.1, 0.15) is 48.1 Å². The maximum absolute atomic E-state index is 6.61. The van der Waals surface area contributed by atoms with Crippen LogP contribution in [0.2, 0.25) is 0 Å². The second kappa shape index (κ2) is 14.7. The number of fused-ring (bicyclic) bond motifs is 10. The zero-order valence-electron chi connectivity index (χ0n) is 36.1. The molecule has 2 unspecified atom stereocenters. The number of anilines is 2. The summed E-state index contributed by atoms with van der Waals surface area (Å²) in [4.78, 5) is 2.63. The van der Waals surface area contributed by atoms with Crippen molar-refractivity contribution in [2.45, 2.75) is 37.1 Å². The summed E-state index contributed by atoms with van der Waals surface area (Å²) in [6.07, 6.45) is 16.3. The number of hydrogen-bond donors (Lipinski definition) is 0. The van der Waals surface area contributed by atoms with E-state index in [4.69, 9.17) is 4.42 Å².